The maximum Gasteiger partial charge on any atom is 0.168 e. The number of halogens is 4. The summed E-state index contributed by atoms with van der Waals surface area (Å²) in [6.07, 6.45) is 0.532. The molecule has 23 heavy (non-hydrogen) atoms. The summed E-state index contributed by atoms with van der Waals surface area (Å²) in [5, 5.41) is 4.63. The van der Waals surface area contributed by atoms with Crippen LogP contribution in [0.1, 0.15) is 10.4 Å². The molecule has 0 atom stereocenters. The highest BCUT2D eigenvalue weighted by Gasteiger charge is 2.22. The molecule has 3 rings (SSSR count). The average Bonchev–Trinajstić information content (AvgIpc) is 2.87. The summed E-state index contributed by atoms with van der Waals surface area (Å²) in [5.74, 6) is -2.07. The number of para-hydroxylation sites is 1. The number of aromatic nitrogens is 2. The van der Waals surface area contributed by atoms with Crippen molar-refractivity contribution >= 4 is 33.8 Å². The molecule has 116 valence electrons. The molecule has 3 nitrogen and oxygen atoms in total. The van der Waals surface area contributed by atoms with Gasteiger partial charge in [-0.1, -0.05) is 29.8 Å². The predicted molar refractivity (Wildman–Crippen MR) is 87.0 cm³/mol. The van der Waals surface area contributed by atoms with Gasteiger partial charge in [-0.15, -0.1) is 0 Å². The molecule has 7 heteroatoms. The van der Waals surface area contributed by atoms with E-state index in [4.69, 9.17) is 11.6 Å². The Morgan fingerprint density at radius 3 is 2.57 bits per heavy atom. The van der Waals surface area contributed by atoms with Gasteiger partial charge in [-0.25, -0.2) is 13.5 Å². The van der Waals surface area contributed by atoms with Crippen molar-refractivity contribution in [1.29, 1.82) is 0 Å². The number of rotatable bonds is 3. The number of nitrogens with zero attached hydrogens (tertiary/aromatic N) is 2. The van der Waals surface area contributed by atoms with Gasteiger partial charge in [0.1, 0.15) is 10.3 Å². The smallest absolute Gasteiger partial charge is 0.168 e. The zero-order chi connectivity index (χ0) is 16.6. The fraction of sp³-hybridized carbons (Fsp3) is 0. The third kappa shape index (κ3) is 2.68. The fourth-order valence-electron chi connectivity index (χ4n) is 2.18. The molecule has 0 N–H and O–H groups in total. The Bertz CT molecular complexity index is 911. The molecule has 0 aliphatic rings. The van der Waals surface area contributed by atoms with E-state index in [1.54, 1.807) is 24.3 Å². The van der Waals surface area contributed by atoms with Gasteiger partial charge < -0.3 is 0 Å². The van der Waals surface area contributed by atoms with E-state index in [0.717, 1.165) is 6.07 Å². The number of benzene rings is 2. The molecule has 0 fully saturated rings. The van der Waals surface area contributed by atoms with Gasteiger partial charge in [0.05, 0.1) is 16.3 Å². The fourth-order valence-corrected chi connectivity index (χ4v) is 2.95. The first-order valence-corrected chi connectivity index (χ1v) is 7.64. The van der Waals surface area contributed by atoms with Gasteiger partial charge in [0.25, 0.3) is 0 Å². The van der Waals surface area contributed by atoms with Crippen LogP contribution in [0.2, 0.25) is 5.02 Å². The quantitative estimate of drug-likeness (QED) is 0.580. The molecule has 0 aliphatic heterocycles. The molecule has 0 bridgehead atoms. The number of hydrogen-bond acceptors (Lipinski definition) is 2. The SMILES string of the molecule is O=Cc1c(-c2cccc(F)c2F)nn(-c2ccccc2Cl)c1Br. The number of hydrogen-bond donors (Lipinski definition) is 0. The van der Waals surface area contributed by atoms with E-state index < -0.39 is 11.6 Å². The molecule has 2 aromatic carbocycles. The van der Waals surface area contributed by atoms with E-state index in [9.17, 15) is 13.6 Å². The molecule has 1 heterocycles. The van der Waals surface area contributed by atoms with Gasteiger partial charge in [-0.2, -0.15) is 5.10 Å². The van der Waals surface area contributed by atoms with Gasteiger partial charge in [-0.3, -0.25) is 4.79 Å². The molecule has 0 aliphatic carbocycles. The van der Waals surface area contributed by atoms with Crippen molar-refractivity contribution in [3.63, 3.8) is 0 Å². The lowest BCUT2D eigenvalue weighted by molar-refractivity contribution is 0.112. The summed E-state index contributed by atoms with van der Waals surface area (Å²) >= 11 is 9.40. The maximum absolute atomic E-state index is 14.0. The first-order chi connectivity index (χ1) is 11.0. The lowest BCUT2D eigenvalue weighted by atomic mass is 10.1. The summed E-state index contributed by atoms with van der Waals surface area (Å²) in [5.41, 5.74) is 0.545. The second-order valence-corrected chi connectivity index (χ2v) is 5.79. The number of aldehydes is 1. The topological polar surface area (TPSA) is 34.9 Å². The summed E-state index contributed by atoms with van der Waals surface area (Å²) in [6.45, 7) is 0. The second kappa shape index (κ2) is 6.22. The highest BCUT2D eigenvalue weighted by molar-refractivity contribution is 9.10. The molecule has 0 unspecified atom stereocenters. The van der Waals surface area contributed by atoms with Crippen molar-refractivity contribution in [2.75, 3.05) is 0 Å². The van der Waals surface area contributed by atoms with Crippen LogP contribution in [0, 0.1) is 11.6 Å². The molecular weight excluding hydrogens is 390 g/mol. The Morgan fingerprint density at radius 1 is 1.13 bits per heavy atom. The third-order valence-electron chi connectivity index (χ3n) is 3.27. The van der Waals surface area contributed by atoms with Crippen LogP contribution in [0.3, 0.4) is 0 Å². The second-order valence-electron chi connectivity index (χ2n) is 4.64. The predicted octanol–water partition coefficient (Wildman–Crippen LogP) is 5.05. The van der Waals surface area contributed by atoms with Gasteiger partial charge >= 0.3 is 0 Å². The van der Waals surface area contributed by atoms with Crippen LogP contribution in [-0.2, 0) is 0 Å². The largest absolute Gasteiger partial charge is 0.298 e. The van der Waals surface area contributed by atoms with Gasteiger partial charge in [0, 0.05) is 5.56 Å². The summed E-state index contributed by atoms with van der Waals surface area (Å²) < 4.78 is 29.2. The molecule has 0 amide bonds. The molecule has 1 aromatic heterocycles. The minimum absolute atomic E-state index is 0.0313. The van der Waals surface area contributed by atoms with Gasteiger partial charge in [-0.05, 0) is 40.2 Å². The van der Waals surface area contributed by atoms with Crippen molar-refractivity contribution in [2.24, 2.45) is 0 Å². The van der Waals surface area contributed by atoms with Crippen LogP contribution in [0.4, 0.5) is 8.78 Å². The third-order valence-corrected chi connectivity index (χ3v) is 4.35. The lowest BCUT2D eigenvalue weighted by Crippen LogP contribution is -1.98. The maximum atomic E-state index is 14.0. The molecule has 0 saturated heterocycles. The van der Waals surface area contributed by atoms with E-state index >= 15 is 0 Å². The van der Waals surface area contributed by atoms with E-state index in [1.165, 1.54) is 16.8 Å². The van der Waals surface area contributed by atoms with Gasteiger partial charge in [0.2, 0.25) is 0 Å². The van der Waals surface area contributed by atoms with Crippen molar-refractivity contribution in [2.45, 2.75) is 0 Å². The molecule has 0 spiro atoms. The molecule has 3 aromatic rings. The van der Waals surface area contributed by atoms with E-state index in [0.29, 0.717) is 21.6 Å². The van der Waals surface area contributed by atoms with Crippen molar-refractivity contribution in [1.82, 2.24) is 9.78 Å². The Balaban J connectivity index is 2.28. The van der Waals surface area contributed by atoms with Crippen LogP contribution >= 0.6 is 27.5 Å². The minimum Gasteiger partial charge on any atom is -0.298 e. The molecule has 0 saturated carbocycles. The Hall–Kier alpha value is -2.05. The van der Waals surface area contributed by atoms with Crippen LogP contribution in [0.25, 0.3) is 16.9 Å². The lowest BCUT2D eigenvalue weighted by Gasteiger charge is -2.05. The monoisotopic (exact) mass is 396 g/mol. The van der Waals surface area contributed by atoms with E-state index in [-0.39, 0.29) is 16.8 Å². The molecule has 0 radical (unpaired) electrons. The van der Waals surface area contributed by atoms with Crippen LogP contribution < -0.4 is 0 Å². The first kappa shape index (κ1) is 15.8. The van der Waals surface area contributed by atoms with E-state index in [1.807, 2.05) is 0 Å². The van der Waals surface area contributed by atoms with Crippen molar-refractivity contribution in [3.8, 4) is 16.9 Å². The number of carbonyl (C=O) groups is 1. The zero-order valence-electron chi connectivity index (χ0n) is 11.4. The van der Waals surface area contributed by atoms with Crippen molar-refractivity contribution in [3.05, 3.63) is 69.3 Å². The molecular formula is C16H8BrClF2N2O. The van der Waals surface area contributed by atoms with Crippen LogP contribution in [0.5, 0.6) is 0 Å². The van der Waals surface area contributed by atoms with Crippen molar-refractivity contribution < 1.29 is 13.6 Å². The zero-order valence-corrected chi connectivity index (χ0v) is 13.8. The Labute approximate surface area is 143 Å². The van der Waals surface area contributed by atoms with Crippen LogP contribution in [0.15, 0.2) is 47.1 Å². The number of carbonyl (C=O) groups excluding carboxylic acids is 1. The first-order valence-electron chi connectivity index (χ1n) is 6.47. The standard InChI is InChI=1S/C16H8BrClF2N2O/c17-16-10(8-23)15(9-4-3-6-12(19)14(9)20)21-22(16)13-7-2-1-5-11(13)18/h1-8H. The minimum atomic E-state index is -1.06. The van der Waals surface area contributed by atoms with E-state index in [2.05, 4.69) is 21.0 Å². The highest BCUT2D eigenvalue weighted by atomic mass is 79.9. The summed E-state index contributed by atoms with van der Waals surface area (Å²) in [6, 6.07) is 10.6. The normalized spacial score (nSPS) is 10.8. The summed E-state index contributed by atoms with van der Waals surface area (Å²) in [4.78, 5) is 11.4. The van der Waals surface area contributed by atoms with Crippen LogP contribution in [-0.4, -0.2) is 16.1 Å². The Kier molecular flexibility index (Phi) is 4.28. The average molecular weight is 398 g/mol. The van der Waals surface area contributed by atoms with Gasteiger partial charge in [0.15, 0.2) is 17.9 Å². The summed E-state index contributed by atoms with van der Waals surface area (Å²) in [7, 11) is 0. The Morgan fingerprint density at radius 2 is 1.87 bits per heavy atom. The highest BCUT2D eigenvalue weighted by Crippen LogP contribution is 2.33.